The molecule has 1 saturated heterocycles. The van der Waals surface area contributed by atoms with Crippen molar-refractivity contribution in [2.75, 3.05) is 31.1 Å². The molecule has 5 rings (SSSR count). The maximum atomic E-state index is 14.8. The van der Waals surface area contributed by atoms with Crippen LogP contribution in [0.1, 0.15) is 19.9 Å². The van der Waals surface area contributed by atoms with Gasteiger partial charge >= 0.3 is 5.69 Å². The van der Waals surface area contributed by atoms with Crippen LogP contribution >= 0.6 is 11.6 Å². The maximum Gasteiger partial charge on any atom is 0.350 e. The first-order valence-corrected chi connectivity index (χ1v) is 11.6. The van der Waals surface area contributed by atoms with Crippen molar-refractivity contribution in [1.29, 1.82) is 0 Å². The molecule has 2 atom stereocenters. The van der Waals surface area contributed by atoms with E-state index < -0.39 is 17.3 Å². The highest BCUT2D eigenvalue weighted by Crippen LogP contribution is 2.47. The van der Waals surface area contributed by atoms with E-state index in [1.54, 1.807) is 11.0 Å². The zero-order chi connectivity index (χ0) is 25.0. The van der Waals surface area contributed by atoms with Crippen molar-refractivity contribution in [3.63, 3.8) is 0 Å². The second-order valence-corrected chi connectivity index (χ2v) is 9.27. The van der Waals surface area contributed by atoms with Gasteiger partial charge in [-0.1, -0.05) is 18.2 Å². The number of hydrogen-bond donors (Lipinski definition) is 0. The number of benzene rings is 2. The van der Waals surface area contributed by atoms with Gasteiger partial charge in [0.2, 0.25) is 5.91 Å². The largest absolute Gasteiger partial charge is 0.489 e. The SMILES string of the molecule is C=CC(=O)N1CCN(c2nc(=O)n3c4c(c(-c5ccc(F)cc5F)c(Cl)cc24)OCC3C)[C@@H](C)C1. The van der Waals surface area contributed by atoms with Gasteiger partial charge in [-0.3, -0.25) is 9.36 Å². The summed E-state index contributed by atoms with van der Waals surface area (Å²) < 4.78 is 35.9. The highest BCUT2D eigenvalue weighted by atomic mass is 35.5. The molecule has 7 nitrogen and oxygen atoms in total. The van der Waals surface area contributed by atoms with Crippen LogP contribution in [0.4, 0.5) is 14.6 Å². The molecule has 3 aromatic rings. The summed E-state index contributed by atoms with van der Waals surface area (Å²) in [6.07, 6.45) is 1.28. The molecule has 1 aromatic heterocycles. The summed E-state index contributed by atoms with van der Waals surface area (Å²) >= 11 is 6.68. The Morgan fingerprint density at radius 3 is 2.69 bits per heavy atom. The minimum atomic E-state index is -0.787. The maximum absolute atomic E-state index is 14.8. The molecule has 3 heterocycles. The van der Waals surface area contributed by atoms with Crippen molar-refractivity contribution in [3.8, 4) is 16.9 Å². The lowest BCUT2D eigenvalue weighted by molar-refractivity contribution is -0.126. The fourth-order valence-corrected chi connectivity index (χ4v) is 5.21. The van der Waals surface area contributed by atoms with E-state index in [2.05, 4.69) is 11.6 Å². The molecular weight excluding hydrogens is 478 g/mol. The van der Waals surface area contributed by atoms with E-state index in [9.17, 15) is 18.4 Å². The molecule has 0 radical (unpaired) electrons. The number of aromatic nitrogens is 2. The van der Waals surface area contributed by atoms with Crippen molar-refractivity contribution < 1.29 is 18.3 Å². The fourth-order valence-electron chi connectivity index (χ4n) is 4.92. The zero-order valence-electron chi connectivity index (χ0n) is 19.2. The molecule has 2 aliphatic rings. The van der Waals surface area contributed by atoms with Gasteiger partial charge in [-0.2, -0.15) is 4.98 Å². The number of rotatable bonds is 3. The number of amides is 1. The Bertz CT molecular complexity index is 1440. The Balaban J connectivity index is 1.74. The third-order valence-electron chi connectivity index (χ3n) is 6.59. The van der Waals surface area contributed by atoms with E-state index in [1.807, 2.05) is 18.7 Å². The molecule has 2 aromatic carbocycles. The Kier molecular flexibility index (Phi) is 5.75. The minimum Gasteiger partial charge on any atom is -0.489 e. The van der Waals surface area contributed by atoms with Crippen molar-refractivity contribution in [2.45, 2.75) is 25.9 Å². The van der Waals surface area contributed by atoms with Gasteiger partial charge in [0.05, 0.1) is 16.6 Å². The average Bonchev–Trinajstić information content (AvgIpc) is 2.82. The van der Waals surface area contributed by atoms with Gasteiger partial charge < -0.3 is 14.5 Å². The van der Waals surface area contributed by atoms with Gasteiger partial charge in [0.25, 0.3) is 0 Å². The van der Waals surface area contributed by atoms with Crippen LogP contribution in [-0.2, 0) is 4.79 Å². The molecule has 10 heteroatoms. The Hall–Kier alpha value is -3.46. The van der Waals surface area contributed by atoms with Gasteiger partial charge in [-0.05, 0) is 38.1 Å². The summed E-state index contributed by atoms with van der Waals surface area (Å²) in [5.74, 6) is -0.976. The van der Waals surface area contributed by atoms with Crippen LogP contribution in [0, 0.1) is 11.6 Å². The van der Waals surface area contributed by atoms with E-state index in [4.69, 9.17) is 16.3 Å². The van der Waals surface area contributed by atoms with Gasteiger partial charge in [0.15, 0.2) is 5.75 Å². The number of halogens is 3. The minimum absolute atomic E-state index is 0.0742. The predicted octanol–water partition coefficient (Wildman–Crippen LogP) is 4.17. The third kappa shape index (κ3) is 3.74. The molecule has 182 valence electrons. The summed E-state index contributed by atoms with van der Waals surface area (Å²) in [4.78, 5) is 33.4. The van der Waals surface area contributed by atoms with Crippen LogP contribution in [0.2, 0.25) is 5.02 Å². The molecule has 1 amide bonds. The number of ether oxygens (including phenoxy) is 1. The Morgan fingerprint density at radius 1 is 1.23 bits per heavy atom. The Labute approximate surface area is 205 Å². The number of hydrogen-bond acceptors (Lipinski definition) is 5. The lowest BCUT2D eigenvalue weighted by Gasteiger charge is -2.41. The average molecular weight is 501 g/mol. The second kappa shape index (κ2) is 8.64. The number of carbonyl (C=O) groups excluding carboxylic acids is 1. The smallest absolute Gasteiger partial charge is 0.350 e. The highest BCUT2D eigenvalue weighted by Gasteiger charge is 2.33. The first-order valence-electron chi connectivity index (χ1n) is 11.3. The van der Waals surface area contributed by atoms with Crippen molar-refractivity contribution in [1.82, 2.24) is 14.5 Å². The molecule has 0 saturated carbocycles. The summed E-state index contributed by atoms with van der Waals surface area (Å²) in [7, 11) is 0. The van der Waals surface area contributed by atoms with Crippen LogP contribution < -0.4 is 15.3 Å². The van der Waals surface area contributed by atoms with Gasteiger partial charge in [0, 0.05) is 48.3 Å². The quantitative estimate of drug-likeness (QED) is 0.505. The topological polar surface area (TPSA) is 67.7 Å². The van der Waals surface area contributed by atoms with Gasteiger partial charge in [-0.15, -0.1) is 0 Å². The summed E-state index contributed by atoms with van der Waals surface area (Å²) in [5, 5.41) is 0.770. The van der Waals surface area contributed by atoms with Crippen LogP contribution in [-0.4, -0.2) is 52.6 Å². The van der Waals surface area contributed by atoms with E-state index in [-0.39, 0.29) is 46.5 Å². The monoisotopic (exact) mass is 500 g/mol. The fraction of sp³-hybridized carbons (Fsp3) is 0.320. The second-order valence-electron chi connectivity index (χ2n) is 8.86. The first-order chi connectivity index (χ1) is 16.7. The van der Waals surface area contributed by atoms with Crippen molar-refractivity contribution in [3.05, 3.63) is 64.1 Å². The third-order valence-corrected chi connectivity index (χ3v) is 6.89. The van der Waals surface area contributed by atoms with Crippen LogP contribution in [0.5, 0.6) is 5.75 Å². The van der Waals surface area contributed by atoms with E-state index in [0.29, 0.717) is 36.4 Å². The van der Waals surface area contributed by atoms with Crippen molar-refractivity contribution >= 4 is 34.2 Å². The molecule has 1 fully saturated rings. The summed E-state index contributed by atoms with van der Waals surface area (Å²) in [6.45, 7) is 8.81. The molecule has 0 bridgehead atoms. The number of nitrogens with zero attached hydrogens (tertiary/aromatic N) is 4. The number of anilines is 1. The van der Waals surface area contributed by atoms with E-state index >= 15 is 0 Å². The van der Waals surface area contributed by atoms with Gasteiger partial charge in [0.1, 0.15) is 24.1 Å². The molecule has 1 unspecified atom stereocenters. The summed E-state index contributed by atoms with van der Waals surface area (Å²) in [6, 6.07) is 4.42. The van der Waals surface area contributed by atoms with Crippen molar-refractivity contribution in [2.24, 2.45) is 0 Å². The first kappa shape index (κ1) is 23.3. The van der Waals surface area contributed by atoms with Crippen LogP contribution in [0.25, 0.3) is 22.0 Å². The van der Waals surface area contributed by atoms with E-state index in [0.717, 1.165) is 12.1 Å². The normalized spacial score (nSPS) is 19.6. The highest BCUT2D eigenvalue weighted by molar-refractivity contribution is 6.35. The molecular formula is C25H23ClF2N4O3. The molecule has 0 aliphatic carbocycles. The lowest BCUT2D eigenvalue weighted by atomic mass is 9.99. The molecule has 2 aliphatic heterocycles. The molecule has 0 spiro atoms. The summed E-state index contributed by atoms with van der Waals surface area (Å²) in [5.41, 5.74) is 0.321. The van der Waals surface area contributed by atoms with Gasteiger partial charge in [-0.25, -0.2) is 13.6 Å². The standard InChI is InChI=1S/C25H23ClF2N4O3/c1-4-20(33)30-7-8-31(13(2)11-30)24-17-10-18(26)21(16-6-5-15(27)9-19(16)28)23-22(17)32(25(34)29-24)14(3)12-35-23/h4-6,9-10,13-14H,1,7-8,11-12H2,2-3H3/t13-,14?/m0/s1. The zero-order valence-corrected chi connectivity index (χ0v) is 20.0. The van der Waals surface area contributed by atoms with E-state index in [1.165, 1.54) is 16.7 Å². The number of piperazine rings is 1. The van der Waals surface area contributed by atoms with Crippen LogP contribution in [0.15, 0.2) is 41.7 Å². The van der Waals surface area contributed by atoms with Crippen LogP contribution in [0.3, 0.4) is 0 Å². The molecule has 0 N–H and O–H groups in total. The lowest BCUT2D eigenvalue weighted by Crippen LogP contribution is -2.54. The Morgan fingerprint density at radius 2 is 2.00 bits per heavy atom. The predicted molar refractivity (Wildman–Crippen MR) is 130 cm³/mol. The molecule has 35 heavy (non-hydrogen) atoms. The number of carbonyl (C=O) groups is 1.